The maximum absolute atomic E-state index is 12.4. The lowest BCUT2D eigenvalue weighted by Gasteiger charge is -2.45. The lowest BCUT2D eigenvalue weighted by molar-refractivity contribution is 0.0601. The molecule has 146 valence electrons. The van der Waals surface area contributed by atoms with Gasteiger partial charge in [-0.2, -0.15) is 0 Å². The first-order valence-corrected chi connectivity index (χ1v) is 8.97. The smallest absolute Gasteiger partial charge is 0.339 e. The highest BCUT2D eigenvalue weighted by atomic mass is 16.5. The molecule has 7 heteroatoms. The van der Waals surface area contributed by atoms with E-state index in [1.807, 2.05) is 0 Å². The molecule has 0 bridgehead atoms. The van der Waals surface area contributed by atoms with Gasteiger partial charge in [-0.05, 0) is 42.2 Å². The van der Waals surface area contributed by atoms with E-state index in [-0.39, 0.29) is 16.9 Å². The van der Waals surface area contributed by atoms with Gasteiger partial charge in [0.15, 0.2) is 0 Å². The number of hydrogen-bond donors (Lipinski definition) is 2. The number of para-hydroxylation sites is 1. The second-order valence-electron chi connectivity index (χ2n) is 8.28. The summed E-state index contributed by atoms with van der Waals surface area (Å²) < 4.78 is 4.73. The number of anilines is 1. The Bertz CT molecular complexity index is 755. The Morgan fingerprint density at radius 1 is 1.26 bits per heavy atom. The predicted octanol–water partition coefficient (Wildman–Crippen LogP) is 3.52. The van der Waals surface area contributed by atoms with Gasteiger partial charge in [0, 0.05) is 6.54 Å². The van der Waals surface area contributed by atoms with E-state index in [1.165, 1.54) is 7.11 Å². The van der Waals surface area contributed by atoms with Gasteiger partial charge in [-0.3, -0.25) is 0 Å². The molecule has 2 N–H and O–H groups in total. The highest BCUT2D eigenvalue weighted by Gasteiger charge is 2.41. The quantitative estimate of drug-likeness (QED) is 0.469. The highest BCUT2D eigenvalue weighted by Crippen LogP contribution is 2.46. The molecule has 0 aromatic heterocycles. The number of methoxy groups -OCH3 is 1. The molecule has 7 nitrogen and oxygen atoms in total. The van der Waals surface area contributed by atoms with Crippen LogP contribution in [0.3, 0.4) is 0 Å². The van der Waals surface area contributed by atoms with Crippen molar-refractivity contribution in [2.75, 3.05) is 19.0 Å². The first-order chi connectivity index (χ1) is 12.7. The van der Waals surface area contributed by atoms with Crippen molar-refractivity contribution >= 4 is 23.8 Å². The van der Waals surface area contributed by atoms with Gasteiger partial charge in [0.2, 0.25) is 6.08 Å². The second kappa shape index (κ2) is 8.35. The van der Waals surface area contributed by atoms with Crippen molar-refractivity contribution in [3.63, 3.8) is 0 Å². The predicted molar refractivity (Wildman–Crippen MR) is 102 cm³/mol. The number of benzene rings is 1. The maximum Gasteiger partial charge on any atom is 0.339 e. The van der Waals surface area contributed by atoms with E-state index < -0.39 is 12.0 Å². The van der Waals surface area contributed by atoms with Crippen molar-refractivity contribution in [1.82, 2.24) is 5.32 Å². The number of carbonyl (C=O) groups excluding carboxylic acids is 3. The Labute approximate surface area is 159 Å². The Hall–Kier alpha value is -2.66. The van der Waals surface area contributed by atoms with E-state index in [2.05, 4.69) is 36.4 Å². The summed E-state index contributed by atoms with van der Waals surface area (Å²) in [4.78, 5) is 38.8. The molecule has 2 atom stereocenters. The molecule has 2 amide bonds. The zero-order chi connectivity index (χ0) is 20.1. The number of isocyanates is 1. The molecule has 2 rings (SSSR count). The van der Waals surface area contributed by atoms with E-state index in [0.717, 1.165) is 12.8 Å². The molecule has 0 saturated heterocycles. The van der Waals surface area contributed by atoms with Crippen LogP contribution in [0.25, 0.3) is 0 Å². The fourth-order valence-corrected chi connectivity index (χ4v) is 4.22. The van der Waals surface area contributed by atoms with Crippen LogP contribution in [0.2, 0.25) is 0 Å². The third-order valence-corrected chi connectivity index (χ3v) is 4.91. The van der Waals surface area contributed by atoms with Gasteiger partial charge < -0.3 is 15.4 Å². The summed E-state index contributed by atoms with van der Waals surface area (Å²) in [5, 5.41) is 5.59. The van der Waals surface area contributed by atoms with Crippen LogP contribution < -0.4 is 10.6 Å². The van der Waals surface area contributed by atoms with Gasteiger partial charge in [0.25, 0.3) is 0 Å². The molecule has 1 aliphatic rings. The fourth-order valence-electron chi connectivity index (χ4n) is 4.22. The molecule has 0 heterocycles. The number of carbonyl (C=O) groups is 2. The Balaban J connectivity index is 2.03. The van der Waals surface area contributed by atoms with Gasteiger partial charge in [-0.1, -0.05) is 32.9 Å². The summed E-state index contributed by atoms with van der Waals surface area (Å²) >= 11 is 0. The minimum absolute atomic E-state index is 0.0215. The zero-order valence-corrected chi connectivity index (χ0v) is 16.3. The molecule has 1 saturated carbocycles. The Kier molecular flexibility index (Phi) is 6.39. The summed E-state index contributed by atoms with van der Waals surface area (Å²) in [7, 11) is 1.29. The van der Waals surface area contributed by atoms with Crippen LogP contribution in [0, 0.1) is 10.8 Å². The number of amides is 2. The van der Waals surface area contributed by atoms with Crippen LogP contribution in [-0.2, 0) is 9.53 Å². The van der Waals surface area contributed by atoms with Crippen LogP contribution >= 0.6 is 0 Å². The van der Waals surface area contributed by atoms with Gasteiger partial charge in [0.1, 0.15) is 0 Å². The fraction of sp³-hybridized carbons (Fsp3) is 0.550. The third kappa shape index (κ3) is 5.66. The summed E-state index contributed by atoms with van der Waals surface area (Å²) in [6, 6.07) is 6.19. The Morgan fingerprint density at radius 2 is 1.96 bits per heavy atom. The number of hydrogen-bond acceptors (Lipinski definition) is 5. The average Bonchev–Trinajstić information content (AvgIpc) is 2.58. The summed E-state index contributed by atoms with van der Waals surface area (Å²) in [5.41, 5.74) is 0.513. The summed E-state index contributed by atoms with van der Waals surface area (Å²) in [6.07, 6.45) is 4.11. The Morgan fingerprint density at radius 3 is 2.63 bits per heavy atom. The standard InChI is InChI=1S/C20H27N3O4/c1-19(2)9-14(22-13-24)10-20(3,11-19)12-21-18(26)23-16-8-6-5-7-15(16)17(25)27-4/h5-8,14H,9-12H2,1-4H3,(H2,21,23,26). The molecule has 0 aliphatic heterocycles. The molecular formula is C20H27N3O4. The molecular weight excluding hydrogens is 346 g/mol. The van der Waals surface area contributed by atoms with E-state index in [1.54, 1.807) is 30.3 Å². The molecule has 1 aromatic rings. The second-order valence-corrected chi connectivity index (χ2v) is 8.28. The van der Waals surface area contributed by atoms with Gasteiger partial charge >= 0.3 is 12.0 Å². The number of aliphatic imine (C=N–C) groups is 1. The van der Waals surface area contributed by atoms with Crippen LogP contribution in [0.15, 0.2) is 29.3 Å². The molecule has 27 heavy (non-hydrogen) atoms. The van der Waals surface area contributed by atoms with Crippen molar-refractivity contribution in [2.45, 2.75) is 46.1 Å². The van der Waals surface area contributed by atoms with E-state index >= 15 is 0 Å². The van der Waals surface area contributed by atoms with Crippen LogP contribution in [0.4, 0.5) is 10.5 Å². The highest BCUT2D eigenvalue weighted by molar-refractivity contribution is 6.00. The normalized spacial score (nSPS) is 23.6. The first kappa shape index (κ1) is 20.6. The zero-order valence-electron chi connectivity index (χ0n) is 16.3. The van der Waals surface area contributed by atoms with Crippen molar-refractivity contribution in [3.8, 4) is 0 Å². The lowest BCUT2D eigenvalue weighted by Crippen LogP contribution is -2.45. The average molecular weight is 373 g/mol. The van der Waals surface area contributed by atoms with Crippen molar-refractivity contribution in [1.29, 1.82) is 0 Å². The maximum atomic E-state index is 12.4. The van der Waals surface area contributed by atoms with Crippen molar-refractivity contribution in [3.05, 3.63) is 29.8 Å². The van der Waals surface area contributed by atoms with Crippen molar-refractivity contribution in [2.24, 2.45) is 15.8 Å². The summed E-state index contributed by atoms with van der Waals surface area (Å²) in [6.45, 7) is 6.81. The SMILES string of the molecule is COC(=O)c1ccccc1NC(=O)NCC1(C)CC(N=C=O)CC(C)(C)C1. The van der Waals surface area contributed by atoms with Gasteiger partial charge in [-0.15, -0.1) is 0 Å². The molecule has 1 aromatic carbocycles. The molecule has 1 aliphatic carbocycles. The van der Waals surface area contributed by atoms with E-state index in [0.29, 0.717) is 24.2 Å². The molecule has 0 radical (unpaired) electrons. The van der Waals surface area contributed by atoms with Gasteiger partial charge in [-0.25, -0.2) is 19.4 Å². The number of rotatable bonds is 5. The molecule has 0 spiro atoms. The number of nitrogens with one attached hydrogen (secondary N) is 2. The number of ether oxygens (including phenoxy) is 1. The minimum Gasteiger partial charge on any atom is -0.465 e. The minimum atomic E-state index is -0.513. The van der Waals surface area contributed by atoms with E-state index in [4.69, 9.17) is 4.74 Å². The van der Waals surface area contributed by atoms with Crippen molar-refractivity contribution < 1.29 is 19.1 Å². The van der Waals surface area contributed by atoms with Gasteiger partial charge in [0.05, 0.1) is 24.4 Å². The van der Waals surface area contributed by atoms with Crippen LogP contribution in [0.1, 0.15) is 50.4 Å². The largest absolute Gasteiger partial charge is 0.465 e. The van der Waals surface area contributed by atoms with E-state index in [9.17, 15) is 14.4 Å². The lowest BCUT2D eigenvalue weighted by atomic mass is 9.63. The molecule has 1 fully saturated rings. The monoisotopic (exact) mass is 373 g/mol. The van der Waals surface area contributed by atoms with Crippen LogP contribution in [-0.4, -0.2) is 37.8 Å². The first-order valence-electron chi connectivity index (χ1n) is 8.97. The molecule has 2 unspecified atom stereocenters. The topological polar surface area (TPSA) is 96.9 Å². The number of nitrogens with zero attached hydrogens (tertiary/aromatic N) is 1. The number of esters is 1. The van der Waals surface area contributed by atoms with Crippen LogP contribution in [0.5, 0.6) is 0 Å². The summed E-state index contributed by atoms with van der Waals surface area (Å²) in [5.74, 6) is -0.513. The number of urea groups is 1. The third-order valence-electron chi connectivity index (χ3n) is 4.91.